The molecule has 0 radical (unpaired) electrons. The first-order valence-electron chi connectivity index (χ1n) is 10.5. The van der Waals surface area contributed by atoms with Gasteiger partial charge in [0, 0.05) is 18.2 Å². The molecular formula is C25H14F3NO9. The number of benzene rings is 3. The van der Waals surface area contributed by atoms with Crippen molar-refractivity contribution < 1.29 is 46.3 Å². The number of carbonyl (C=O) groups is 2. The van der Waals surface area contributed by atoms with Crippen LogP contribution in [0.2, 0.25) is 0 Å². The minimum atomic E-state index is -5.15. The summed E-state index contributed by atoms with van der Waals surface area (Å²) in [5.74, 6) is -5.05. The number of methoxy groups -OCH3 is 1. The molecule has 0 aliphatic rings. The van der Waals surface area contributed by atoms with E-state index in [-0.39, 0.29) is 33.7 Å². The number of rotatable bonds is 6. The number of nitrogens with zero attached hydrogens (tertiary/aromatic N) is 1. The first-order chi connectivity index (χ1) is 18.0. The highest BCUT2D eigenvalue weighted by atomic mass is 19.4. The molecule has 0 saturated carbocycles. The number of hydrogen-bond acceptors (Lipinski definition) is 9. The average Bonchev–Trinajstić information content (AvgIpc) is 2.89. The first-order valence-corrected chi connectivity index (χ1v) is 10.5. The van der Waals surface area contributed by atoms with E-state index in [1.165, 1.54) is 36.4 Å². The van der Waals surface area contributed by atoms with E-state index in [0.717, 1.165) is 37.4 Å². The number of nitro groups is 1. The molecule has 0 bridgehead atoms. The molecule has 4 aromatic rings. The SMILES string of the molecule is COC(=O)c1ccc(Oc2c(C(F)(F)F)oc3cc(OC(=O)c4cccc([N+](=O)[O-])c4)ccc3c2=O)cc1. The number of hydrogen-bond donors (Lipinski definition) is 0. The highest BCUT2D eigenvalue weighted by Gasteiger charge is 2.40. The Morgan fingerprint density at radius 3 is 2.24 bits per heavy atom. The molecule has 38 heavy (non-hydrogen) atoms. The van der Waals surface area contributed by atoms with Gasteiger partial charge in [-0.25, -0.2) is 9.59 Å². The number of nitro benzene ring substituents is 1. The van der Waals surface area contributed by atoms with Crippen molar-refractivity contribution in [1.29, 1.82) is 0 Å². The third kappa shape index (κ3) is 5.31. The van der Waals surface area contributed by atoms with Crippen molar-refractivity contribution >= 4 is 28.6 Å². The molecule has 1 heterocycles. The molecule has 0 aliphatic carbocycles. The van der Waals surface area contributed by atoms with Crippen LogP contribution in [0.4, 0.5) is 18.9 Å². The van der Waals surface area contributed by atoms with Crippen molar-refractivity contribution in [3.8, 4) is 17.2 Å². The standard InChI is InChI=1S/C25H14F3NO9/c1-35-23(31)13-5-7-16(8-6-13)36-21-20(30)18-10-9-17(12-19(18)38-22(21)25(26,27)28)37-24(32)14-3-2-4-15(11-14)29(33)34/h2-12H,1H3. The van der Waals surface area contributed by atoms with Gasteiger partial charge in [-0.15, -0.1) is 0 Å². The topological polar surface area (TPSA) is 135 Å². The molecule has 13 heteroatoms. The fourth-order valence-corrected chi connectivity index (χ4v) is 3.31. The lowest BCUT2D eigenvalue weighted by Crippen LogP contribution is -2.15. The summed E-state index contributed by atoms with van der Waals surface area (Å²) in [5.41, 5.74) is -2.16. The zero-order chi connectivity index (χ0) is 27.6. The minimum absolute atomic E-state index is 0.105. The van der Waals surface area contributed by atoms with Crippen molar-refractivity contribution in [3.05, 3.63) is 104 Å². The van der Waals surface area contributed by atoms with Gasteiger partial charge in [-0.1, -0.05) is 6.07 Å². The van der Waals surface area contributed by atoms with E-state index in [9.17, 15) is 37.7 Å². The Hall–Kier alpha value is -5.20. The molecule has 0 aliphatic heterocycles. The fraction of sp³-hybridized carbons (Fsp3) is 0.0800. The van der Waals surface area contributed by atoms with Gasteiger partial charge >= 0.3 is 18.1 Å². The maximum absolute atomic E-state index is 13.8. The average molecular weight is 529 g/mol. The van der Waals surface area contributed by atoms with Crippen LogP contribution in [0.5, 0.6) is 17.2 Å². The predicted molar refractivity (Wildman–Crippen MR) is 123 cm³/mol. The first kappa shape index (κ1) is 25.9. The lowest BCUT2D eigenvalue weighted by Gasteiger charge is -2.14. The Bertz CT molecular complexity index is 1630. The molecule has 0 unspecified atom stereocenters. The number of carbonyl (C=O) groups excluding carboxylic acids is 2. The van der Waals surface area contributed by atoms with Gasteiger partial charge in [-0.05, 0) is 42.5 Å². The van der Waals surface area contributed by atoms with E-state index < -0.39 is 45.6 Å². The second-order valence-electron chi connectivity index (χ2n) is 7.56. The van der Waals surface area contributed by atoms with Crippen molar-refractivity contribution in [2.45, 2.75) is 6.18 Å². The Kier molecular flexibility index (Phi) is 6.84. The number of alkyl halides is 3. The van der Waals surface area contributed by atoms with Crippen LogP contribution in [0, 0.1) is 10.1 Å². The summed E-state index contributed by atoms with van der Waals surface area (Å²) in [6.07, 6.45) is -5.15. The van der Waals surface area contributed by atoms with Gasteiger partial charge < -0.3 is 18.6 Å². The summed E-state index contributed by atoms with van der Waals surface area (Å²) < 4.78 is 61.2. The van der Waals surface area contributed by atoms with E-state index >= 15 is 0 Å². The van der Waals surface area contributed by atoms with Crippen LogP contribution < -0.4 is 14.9 Å². The normalized spacial score (nSPS) is 11.2. The molecule has 4 rings (SSSR count). The van der Waals surface area contributed by atoms with E-state index in [1.807, 2.05) is 0 Å². The molecule has 0 amide bonds. The van der Waals surface area contributed by atoms with E-state index in [1.54, 1.807) is 0 Å². The molecule has 0 fully saturated rings. The number of esters is 2. The highest BCUT2D eigenvalue weighted by molar-refractivity contribution is 5.92. The molecule has 0 spiro atoms. The summed E-state index contributed by atoms with van der Waals surface area (Å²) in [5, 5.41) is 10.6. The van der Waals surface area contributed by atoms with Gasteiger partial charge in [0.25, 0.3) is 11.4 Å². The Balaban J connectivity index is 1.70. The molecule has 0 saturated heterocycles. The van der Waals surface area contributed by atoms with Crippen LogP contribution >= 0.6 is 0 Å². The van der Waals surface area contributed by atoms with E-state index in [0.29, 0.717) is 0 Å². The van der Waals surface area contributed by atoms with Crippen molar-refractivity contribution in [1.82, 2.24) is 0 Å². The maximum Gasteiger partial charge on any atom is 0.453 e. The Morgan fingerprint density at radius 2 is 1.61 bits per heavy atom. The Morgan fingerprint density at radius 1 is 0.921 bits per heavy atom. The van der Waals surface area contributed by atoms with Crippen molar-refractivity contribution in [3.63, 3.8) is 0 Å². The van der Waals surface area contributed by atoms with Crippen LogP contribution in [0.15, 0.2) is 75.9 Å². The Labute approximate surface area is 209 Å². The zero-order valence-corrected chi connectivity index (χ0v) is 19.1. The van der Waals surface area contributed by atoms with Gasteiger partial charge in [0.2, 0.25) is 11.2 Å². The lowest BCUT2D eigenvalue weighted by atomic mass is 10.2. The second-order valence-corrected chi connectivity index (χ2v) is 7.56. The summed E-state index contributed by atoms with van der Waals surface area (Å²) >= 11 is 0. The second kappa shape index (κ2) is 10.0. The predicted octanol–water partition coefficient (Wildman–Crippen LogP) is 5.52. The van der Waals surface area contributed by atoms with E-state index in [2.05, 4.69) is 4.74 Å². The van der Waals surface area contributed by atoms with Gasteiger partial charge in [0.15, 0.2) is 0 Å². The van der Waals surface area contributed by atoms with E-state index in [4.69, 9.17) is 13.9 Å². The molecule has 0 atom stereocenters. The third-order valence-corrected chi connectivity index (χ3v) is 5.08. The summed E-state index contributed by atoms with van der Waals surface area (Å²) in [4.78, 5) is 47.1. The molecule has 0 N–H and O–H groups in total. The monoisotopic (exact) mass is 529 g/mol. The summed E-state index contributed by atoms with van der Waals surface area (Å²) in [6.45, 7) is 0. The van der Waals surface area contributed by atoms with Crippen LogP contribution in [-0.2, 0) is 10.9 Å². The smallest absolute Gasteiger partial charge is 0.453 e. The minimum Gasteiger partial charge on any atom is -0.465 e. The number of halogens is 3. The molecular weight excluding hydrogens is 515 g/mol. The quantitative estimate of drug-likeness (QED) is 0.137. The van der Waals surface area contributed by atoms with Crippen molar-refractivity contribution in [2.24, 2.45) is 0 Å². The summed E-state index contributed by atoms with van der Waals surface area (Å²) in [7, 11) is 1.16. The lowest BCUT2D eigenvalue weighted by molar-refractivity contribution is -0.384. The number of non-ortho nitro benzene ring substituents is 1. The fourth-order valence-electron chi connectivity index (χ4n) is 3.31. The zero-order valence-electron chi connectivity index (χ0n) is 19.1. The van der Waals surface area contributed by atoms with Gasteiger partial charge in [0.05, 0.1) is 28.5 Å². The number of fused-ring (bicyclic) bond motifs is 1. The molecule has 1 aromatic heterocycles. The molecule has 10 nitrogen and oxygen atoms in total. The highest BCUT2D eigenvalue weighted by Crippen LogP contribution is 2.38. The van der Waals surface area contributed by atoms with Gasteiger partial charge in [0.1, 0.15) is 17.1 Å². The molecule has 3 aromatic carbocycles. The van der Waals surface area contributed by atoms with Crippen LogP contribution in [0.1, 0.15) is 26.5 Å². The van der Waals surface area contributed by atoms with Crippen LogP contribution in [0.25, 0.3) is 11.0 Å². The van der Waals surface area contributed by atoms with Gasteiger partial charge in [-0.2, -0.15) is 13.2 Å². The third-order valence-electron chi connectivity index (χ3n) is 5.08. The molecule has 194 valence electrons. The van der Waals surface area contributed by atoms with Gasteiger partial charge in [-0.3, -0.25) is 14.9 Å². The maximum atomic E-state index is 13.8. The largest absolute Gasteiger partial charge is 0.465 e. The summed E-state index contributed by atoms with van der Waals surface area (Å²) in [6, 6.07) is 12.6. The number of ether oxygens (including phenoxy) is 3. The van der Waals surface area contributed by atoms with Crippen molar-refractivity contribution in [2.75, 3.05) is 7.11 Å². The van der Waals surface area contributed by atoms with Crippen LogP contribution in [-0.4, -0.2) is 24.0 Å². The van der Waals surface area contributed by atoms with Crippen LogP contribution in [0.3, 0.4) is 0 Å².